The van der Waals surface area contributed by atoms with Crippen LogP contribution in [0, 0.1) is 0 Å². The number of rotatable bonds is 0. The van der Waals surface area contributed by atoms with Gasteiger partial charge in [-0.3, -0.25) is 9.11 Å². The van der Waals surface area contributed by atoms with Crippen LogP contribution in [0.4, 0.5) is 0 Å². The van der Waals surface area contributed by atoms with E-state index in [4.69, 9.17) is 13.3 Å². The predicted octanol–water partition coefficient (Wildman–Crippen LogP) is -3.20. The van der Waals surface area contributed by atoms with E-state index < -0.39 is 11.4 Å². The maximum atomic E-state index is 8.67. The van der Waals surface area contributed by atoms with Gasteiger partial charge in [0.2, 0.25) is 0 Å². The van der Waals surface area contributed by atoms with E-state index in [9.17, 15) is 0 Å². The van der Waals surface area contributed by atoms with Gasteiger partial charge in [-0.15, -0.1) is 0 Å². The van der Waals surface area contributed by atoms with Gasteiger partial charge in [0, 0.05) is 17.1 Å². The molecule has 0 aromatic carbocycles. The fourth-order valence-electron chi connectivity index (χ4n) is 0. The molecule has 0 radical (unpaired) electrons. The van der Waals surface area contributed by atoms with Crippen LogP contribution in [0.2, 0.25) is 0 Å². The molecule has 0 amide bonds. The zero-order valence-electron chi connectivity index (χ0n) is 4.06. The van der Waals surface area contributed by atoms with Crippen LogP contribution < -0.4 is 29.6 Å². The van der Waals surface area contributed by atoms with Crippen molar-refractivity contribution < 1.29 is 61.4 Å². The van der Waals surface area contributed by atoms with Crippen LogP contribution in [-0.4, -0.2) is 13.3 Å². The Morgan fingerprint density at radius 3 is 1.50 bits per heavy atom. The van der Waals surface area contributed by atoms with Gasteiger partial charge in [-0.1, -0.05) is 0 Å². The van der Waals surface area contributed by atoms with E-state index in [0.29, 0.717) is 0 Å². The third-order valence-electron chi connectivity index (χ3n) is 0. The molecule has 0 heterocycles. The largest absolute Gasteiger partial charge is 1.00 e. The van der Waals surface area contributed by atoms with E-state index in [2.05, 4.69) is 0 Å². The molecular formula is H3FeNaO3S. The zero-order valence-corrected chi connectivity index (χ0v) is 6.99. The third-order valence-corrected chi connectivity index (χ3v) is 0. The van der Waals surface area contributed by atoms with E-state index in [0.717, 1.165) is 0 Å². The Hall–Kier alpha value is 1.59. The molecule has 2 N–H and O–H groups in total. The van der Waals surface area contributed by atoms with Crippen LogP contribution in [0.1, 0.15) is 1.43 Å². The van der Waals surface area contributed by atoms with Gasteiger partial charge in [0.1, 0.15) is 0 Å². The SMILES string of the molecule is O=S(O)O.[Fe].[H-].[Na+]. The van der Waals surface area contributed by atoms with Crippen LogP contribution in [0.3, 0.4) is 0 Å². The predicted molar refractivity (Wildman–Crippen MR) is 14.5 cm³/mol. The van der Waals surface area contributed by atoms with Gasteiger partial charge < -0.3 is 1.43 Å². The van der Waals surface area contributed by atoms with Gasteiger partial charge in [0.15, 0.2) is 0 Å². The second-order valence-corrected chi connectivity index (χ2v) is 0.692. The standard InChI is InChI=1S/Fe.Na.H2O3S.H/c;;1-4(2)3;/h;;(H2,1,2,3);/q;+1;;-1. The summed E-state index contributed by atoms with van der Waals surface area (Å²) in [4.78, 5) is 0. The van der Waals surface area contributed by atoms with Gasteiger partial charge in [-0.2, -0.15) is 4.21 Å². The summed E-state index contributed by atoms with van der Waals surface area (Å²) in [6.45, 7) is 0. The molecule has 3 nitrogen and oxygen atoms in total. The Morgan fingerprint density at radius 1 is 1.50 bits per heavy atom. The molecule has 0 unspecified atom stereocenters. The minimum Gasteiger partial charge on any atom is -1.00 e. The maximum absolute atomic E-state index is 8.67. The molecule has 6 heavy (non-hydrogen) atoms. The normalized spacial score (nSPS) is 5.83. The summed E-state index contributed by atoms with van der Waals surface area (Å²) in [6, 6.07) is 0. The molecule has 0 aliphatic heterocycles. The summed E-state index contributed by atoms with van der Waals surface area (Å²) in [7, 11) is 0. The summed E-state index contributed by atoms with van der Waals surface area (Å²) in [5.41, 5.74) is 0. The zero-order chi connectivity index (χ0) is 3.58. The van der Waals surface area contributed by atoms with Crippen molar-refractivity contribution in [3.63, 3.8) is 0 Å². The molecule has 0 spiro atoms. The topological polar surface area (TPSA) is 57.5 Å². The van der Waals surface area contributed by atoms with E-state index >= 15 is 0 Å². The smallest absolute Gasteiger partial charge is 1.00 e. The van der Waals surface area contributed by atoms with E-state index in [1.54, 1.807) is 0 Å². The van der Waals surface area contributed by atoms with Gasteiger partial charge >= 0.3 is 29.6 Å². The van der Waals surface area contributed by atoms with Crippen LogP contribution in [0.5, 0.6) is 0 Å². The van der Waals surface area contributed by atoms with Crippen molar-refractivity contribution in [2.45, 2.75) is 0 Å². The minimum atomic E-state index is -2.61. The average molecular weight is 162 g/mol. The van der Waals surface area contributed by atoms with Crippen molar-refractivity contribution >= 4 is 11.4 Å². The first kappa shape index (κ1) is 15.6. The fourth-order valence-corrected chi connectivity index (χ4v) is 0. The molecule has 0 saturated heterocycles. The molecule has 36 valence electrons. The van der Waals surface area contributed by atoms with E-state index in [1.165, 1.54) is 0 Å². The quantitative estimate of drug-likeness (QED) is 0.291. The van der Waals surface area contributed by atoms with Crippen LogP contribution >= 0.6 is 0 Å². The Balaban J connectivity index is -0.0000000150. The van der Waals surface area contributed by atoms with Crippen molar-refractivity contribution in [3.8, 4) is 0 Å². The first-order valence-corrected chi connectivity index (χ1v) is 1.60. The first-order chi connectivity index (χ1) is 1.73. The Labute approximate surface area is 72.2 Å². The second-order valence-electron chi connectivity index (χ2n) is 0.231. The summed E-state index contributed by atoms with van der Waals surface area (Å²) >= 11 is -2.61. The summed E-state index contributed by atoms with van der Waals surface area (Å²) in [5, 5.41) is 0. The van der Waals surface area contributed by atoms with E-state index in [-0.39, 0.29) is 48.1 Å². The summed E-state index contributed by atoms with van der Waals surface area (Å²) in [6.07, 6.45) is 0. The molecule has 0 fully saturated rings. The first-order valence-electron chi connectivity index (χ1n) is 0.532. The van der Waals surface area contributed by atoms with Crippen molar-refractivity contribution in [2.75, 3.05) is 0 Å². The van der Waals surface area contributed by atoms with E-state index in [1.807, 2.05) is 0 Å². The van der Waals surface area contributed by atoms with Gasteiger partial charge in [0.05, 0.1) is 0 Å². The average Bonchev–Trinajstić information content (AvgIpc) is 0.811. The monoisotopic (exact) mass is 162 g/mol. The van der Waals surface area contributed by atoms with Crippen molar-refractivity contribution in [1.82, 2.24) is 0 Å². The van der Waals surface area contributed by atoms with Crippen LogP contribution in [0.15, 0.2) is 0 Å². The summed E-state index contributed by atoms with van der Waals surface area (Å²) in [5.74, 6) is 0. The van der Waals surface area contributed by atoms with Gasteiger partial charge in [-0.05, 0) is 0 Å². The molecule has 0 aliphatic carbocycles. The number of hydrogen-bond donors (Lipinski definition) is 2. The molecule has 0 aromatic heterocycles. The molecule has 0 atom stereocenters. The van der Waals surface area contributed by atoms with Crippen molar-refractivity contribution in [2.24, 2.45) is 0 Å². The number of hydrogen-bond acceptors (Lipinski definition) is 1. The molecule has 0 bridgehead atoms. The Bertz CT molecular complexity index is 37.9. The Morgan fingerprint density at radius 2 is 1.50 bits per heavy atom. The molecule has 0 saturated carbocycles. The molecule has 0 aliphatic rings. The molecule has 0 rings (SSSR count). The fraction of sp³-hybridized carbons (Fsp3) is 0. The summed E-state index contributed by atoms with van der Waals surface area (Å²) < 4.78 is 22.8. The van der Waals surface area contributed by atoms with Crippen LogP contribution in [-0.2, 0) is 28.4 Å². The van der Waals surface area contributed by atoms with Crippen molar-refractivity contribution in [3.05, 3.63) is 0 Å². The Kier molecular flexibility index (Phi) is 25.5. The third kappa shape index (κ3) is 46.6. The van der Waals surface area contributed by atoms with Crippen molar-refractivity contribution in [1.29, 1.82) is 0 Å². The second kappa shape index (κ2) is 9.77. The molecule has 0 aromatic rings. The van der Waals surface area contributed by atoms with Crippen LogP contribution in [0.25, 0.3) is 0 Å². The van der Waals surface area contributed by atoms with Gasteiger partial charge in [-0.25, -0.2) is 0 Å². The maximum Gasteiger partial charge on any atom is 1.00 e. The minimum absolute atomic E-state index is 0. The van der Waals surface area contributed by atoms with Gasteiger partial charge in [0.25, 0.3) is 11.4 Å². The molecular weight excluding hydrogens is 159 g/mol. The molecule has 6 heteroatoms.